The van der Waals surface area contributed by atoms with Gasteiger partial charge in [-0.2, -0.15) is 0 Å². The van der Waals surface area contributed by atoms with E-state index in [1.807, 2.05) is 42.5 Å². The molecule has 0 aliphatic rings. The number of amides is 1. The number of carbonyl (C=O) groups is 1. The van der Waals surface area contributed by atoms with Crippen molar-refractivity contribution in [1.82, 2.24) is 14.9 Å². The van der Waals surface area contributed by atoms with Crippen LogP contribution in [-0.4, -0.2) is 27.8 Å². The highest BCUT2D eigenvalue weighted by Gasteiger charge is 2.15. The molecule has 0 atom stereocenters. The number of nitrogens with one attached hydrogen (secondary N) is 1. The van der Waals surface area contributed by atoms with Gasteiger partial charge < -0.3 is 14.6 Å². The van der Waals surface area contributed by atoms with E-state index in [9.17, 15) is 9.59 Å². The van der Waals surface area contributed by atoms with Crippen molar-refractivity contribution in [3.05, 3.63) is 106 Å². The van der Waals surface area contributed by atoms with Crippen LogP contribution in [0.5, 0.6) is 5.75 Å². The molecule has 3 aromatic carbocycles. The van der Waals surface area contributed by atoms with E-state index in [-0.39, 0.29) is 18.0 Å². The second-order valence-corrected chi connectivity index (χ2v) is 6.99. The summed E-state index contributed by atoms with van der Waals surface area (Å²) in [6, 6.07) is 24.0. The minimum absolute atomic E-state index is 0.184. The molecule has 0 unspecified atom stereocenters. The molecule has 0 bridgehead atoms. The first kappa shape index (κ1) is 19.4. The Morgan fingerprint density at radius 3 is 2.60 bits per heavy atom. The van der Waals surface area contributed by atoms with Crippen LogP contribution >= 0.6 is 0 Å². The molecule has 1 aromatic heterocycles. The van der Waals surface area contributed by atoms with Crippen LogP contribution in [0.4, 0.5) is 0 Å². The second-order valence-electron chi connectivity index (χ2n) is 6.99. The van der Waals surface area contributed by atoms with E-state index in [0.717, 1.165) is 5.56 Å². The minimum Gasteiger partial charge on any atom is -0.489 e. The number of benzene rings is 3. The van der Waals surface area contributed by atoms with Gasteiger partial charge in [-0.15, -0.1) is 0 Å². The van der Waals surface area contributed by atoms with Crippen LogP contribution in [0.3, 0.4) is 0 Å². The molecular weight excluding hydrogens is 378 g/mol. The maximum atomic E-state index is 12.9. The average molecular weight is 399 g/mol. The summed E-state index contributed by atoms with van der Waals surface area (Å²) in [5.74, 6) is 0.873. The normalized spacial score (nSPS) is 10.7. The monoisotopic (exact) mass is 399 g/mol. The molecule has 1 amide bonds. The van der Waals surface area contributed by atoms with Crippen LogP contribution in [0.25, 0.3) is 10.9 Å². The zero-order valence-electron chi connectivity index (χ0n) is 16.5. The standard InChI is InChI=1S/C24H21N3O3/c1-27(15-22-25-21-13-6-5-12-20(21)23(28)26-22)24(29)18-10-7-11-19(14-18)30-16-17-8-3-2-4-9-17/h2-14H,15-16H2,1H3,(H,25,26,28). The Labute approximate surface area is 173 Å². The van der Waals surface area contributed by atoms with Crippen molar-refractivity contribution in [3.63, 3.8) is 0 Å². The molecule has 0 radical (unpaired) electrons. The number of H-pyrrole nitrogens is 1. The summed E-state index contributed by atoms with van der Waals surface area (Å²) in [5.41, 5.74) is 1.95. The molecule has 1 heterocycles. The highest BCUT2D eigenvalue weighted by atomic mass is 16.5. The molecule has 4 rings (SSSR count). The van der Waals surface area contributed by atoms with Crippen molar-refractivity contribution < 1.29 is 9.53 Å². The van der Waals surface area contributed by atoms with Gasteiger partial charge in [0.2, 0.25) is 0 Å². The first-order valence-corrected chi connectivity index (χ1v) is 9.60. The number of aromatic nitrogens is 2. The van der Waals surface area contributed by atoms with Gasteiger partial charge in [-0.05, 0) is 35.9 Å². The molecule has 150 valence electrons. The summed E-state index contributed by atoms with van der Waals surface area (Å²) in [6.07, 6.45) is 0. The zero-order chi connectivity index (χ0) is 20.9. The van der Waals surface area contributed by atoms with Gasteiger partial charge in [0.25, 0.3) is 11.5 Å². The molecule has 0 spiro atoms. The van der Waals surface area contributed by atoms with Crippen molar-refractivity contribution in [2.24, 2.45) is 0 Å². The largest absolute Gasteiger partial charge is 0.489 e. The third-order valence-electron chi connectivity index (χ3n) is 4.72. The minimum atomic E-state index is -0.215. The van der Waals surface area contributed by atoms with E-state index in [1.54, 1.807) is 43.4 Å². The number of aromatic amines is 1. The summed E-state index contributed by atoms with van der Waals surface area (Å²) in [4.78, 5) is 33.8. The highest BCUT2D eigenvalue weighted by Crippen LogP contribution is 2.17. The number of hydrogen-bond acceptors (Lipinski definition) is 4. The zero-order valence-corrected chi connectivity index (χ0v) is 16.5. The quantitative estimate of drug-likeness (QED) is 0.535. The summed E-state index contributed by atoms with van der Waals surface area (Å²) in [6.45, 7) is 0.616. The van der Waals surface area contributed by atoms with E-state index in [0.29, 0.717) is 34.6 Å². The van der Waals surface area contributed by atoms with E-state index in [1.165, 1.54) is 4.90 Å². The number of hydrogen-bond donors (Lipinski definition) is 1. The van der Waals surface area contributed by atoms with Crippen molar-refractivity contribution >= 4 is 16.8 Å². The van der Waals surface area contributed by atoms with E-state index < -0.39 is 0 Å². The van der Waals surface area contributed by atoms with Crippen molar-refractivity contribution in [3.8, 4) is 5.75 Å². The van der Waals surface area contributed by atoms with Gasteiger partial charge in [-0.3, -0.25) is 9.59 Å². The number of fused-ring (bicyclic) bond motifs is 1. The lowest BCUT2D eigenvalue weighted by Gasteiger charge is -2.17. The predicted molar refractivity (Wildman–Crippen MR) is 115 cm³/mol. The lowest BCUT2D eigenvalue weighted by Crippen LogP contribution is -2.28. The second kappa shape index (κ2) is 8.61. The first-order chi connectivity index (χ1) is 14.6. The number of carbonyl (C=O) groups excluding carboxylic acids is 1. The number of rotatable bonds is 6. The van der Waals surface area contributed by atoms with Gasteiger partial charge in [-0.1, -0.05) is 48.5 Å². The molecule has 0 aliphatic heterocycles. The molecular formula is C24H21N3O3. The fourth-order valence-corrected chi connectivity index (χ4v) is 3.19. The first-order valence-electron chi connectivity index (χ1n) is 9.60. The van der Waals surface area contributed by atoms with Crippen LogP contribution in [0, 0.1) is 0 Å². The fourth-order valence-electron chi connectivity index (χ4n) is 3.19. The molecule has 0 saturated heterocycles. The van der Waals surface area contributed by atoms with Gasteiger partial charge in [0.1, 0.15) is 18.2 Å². The Hall–Kier alpha value is -3.93. The Bertz CT molecular complexity index is 1240. The predicted octanol–water partition coefficient (Wildman–Crippen LogP) is 3.77. The Morgan fingerprint density at radius 1 is 1.00 bits per heavy atom. The Balaban J connectivity index is 1.47. The molecule has 0 fully saturated rings. The molecule has 6 nitrogen and oxygen atoms in total. The van der Waals surface area contributed by atoms with Crippen LogP contribution in [0.1, 0.15) is 21.7 Å². The van der Waals surface area contributed by atoms with Crippen LogP contribution in [-0.2, 0) is 13.2 Å². The summed E-state index contributed by atoms with van der Waals surface area (Å²) >= 11 is 0. The molecule has 1 N–H and O–H groups in total. The summed E-state index contributed by atoms with van der Waals surface area (Å²) in [5, 5.41) is 0.526. The highest BCUT2D eigenvalue weighted by molar-refractivity contribution is 5.94. The average Bonchev–Trinajstić information content (AvgIpc) is 2.78. The SMILES string of the molecule is CN(Cc1nc2ccccc2c(=O)[nH]1)C(=O)c1cccc(OCc2ccccc2)c1. The van der Waals surface area contributed by atoms with Gasteiger partial charge >= 0.3 is 0 Å². The number of nitrogens with zero attached hydrogens (tertiary/aromatic N) is 2. The third kappa shape index (κ3) is 4.38. The molecule has 4 aromatic rings. The summed E-state index contributed by atoms with van der Waals surface area (Å²) < 4.78 is 5.81. The maximum absolute atomic E-state index is 12.9. The van der Waals surface area contributed by atoms with Crippen molar-refractivity contribution in [2.45, 2.75) is 13.2 Å². The van der Waals surface area contributed by atoms with Crippen LogP contribution < -0.4 is 10.3 Å². The van der Waals surface area contributed by atoms with Gasteiger partial charge in [-0.25, -0.2) is 4.98 Å². The molecule has 6 heteroatoms. The maximum Gasteiger partial charge on any atom is 0.258 e. The van der Waals surface area contributed by atoms with E-state index in [4.69, 9.17) is 4.74 Å². The molecule has 0 saturated carbocycles. The van der Waals surface area contributed by atoms with Crippen LogP contribution in [0.15, 0.2) is 83.7 Å². The van der Waals surface area contributed by atoms with Gasteiger partial charge in [0.05, 0.1) is 17.4 Å². The lowest BCUT2D eigenvalue weighted by atomic mass is 10.2. The van der Waals surface area contributed by atoms with Gasteiger partial charge in [0, 0.05) is 12.6 Å². The number of para-hydroxylation sites is 1. The summed E-state index contributed by atoms with van der Waals surface area (Å²) in [7, 11) is 1.68. The molecule has 30 heavy (non-hydrogen) atoms. The van der Waals surface area contributed by atoms with Crippen molar-refractivity contribution in [1.29, 1.82) is 0 Å². The Kier molecular flexibility index (Phi) is 5.57. The van der Waals surface area contributed by atoms with Crippen LogP contribution in [0.2, 0.25) is 0 Å². The Morgan fingerprint density at radius 2 is 1.77 bits per heavy atom. The lowest BCUT2D eigenvalue weighted by molar-refractivity contribution is 0.0781. The van der Waals surface area contributed by atoms with Crippen molar-refractivity contribution in [2.75, 3.05) is 7.05 Å². The van der Waals surface area contributed by atoms with Gasteiger partial charge in [0.15, 0.2) is 0 Å². The van der Waals surface area contributed by atoms with E-state index in [2.05, 4.69) is 9.97 Å². The number of ether oxygens (including phenoxy) is 1. The van der Waals surface area contributed by atoms with E-state index >= 15 is 0 Å². The fraction of sp³-hybridized carbons (Fsp3) is 0.125. The molecule has 0 aliphatic carbocycles. The third-order valence-corrected chi connectivity index (χ3v) is 4.72. The topological polar surface area (TPSA) is 75.3 Å². The smallest absolute Gasteiger partial charge is 0.258 e.